The molecule has 0 spiro atoms. The number of hydrogen-bond acceptors (Lipinski definition) is 5. The predicted octanol–water partition coefficient (Wildman–Crippen LogP) is 6.26. The van der Waals surface area contributed by atoms with Crippen molar-refractivity contribution >= 4 is 59.8 Å². The molecule has 39 heavy (non-hydrogen) atoms. The number of carboxylic acid groups (broad SMARTS) is 1. The lowest BCUT2D eigenvalue weighted by Crippen LogP contribution is -2.36. The highest BCUT2D eigenvalue weighted by Gasteiger charge is 2.19. The molecule has 9 nitrogen and oxygen atoms in total. The minimum absolute atomic E-state index is 0.0688. The molecule has 0 aliphatic rings. The van der Waals surface area contributed by atoms with E-state index in [1.165, 1.54) is 12.3 Å². The molecule has 0 aliphatic heterocycles. The number of halogens is 3. The summed E-state index contributed by atoms with van der Waals surface area (Å²) in [5.74, 6) is -2.43. The summed E-state index contributed by atoms with van der Waals surface area (Å²) < 4.78 is 43.1. The molecule has 1 atom stereocenters. The number of rotatable bonds is 12. The van der Waals surface area contributed by atoms with Crippen LogP contribution >= 0.6 is 23.8 Å². The lowest BCUT2D eigenvalue weighted by molar-refractivity contribution is 0.0899. The fourth-order valence-corrected chi connectivity index (χ4v) is 4.73. The zero-order valence-corrected chi connectivity index (χ0v) is 24.7. The third-order valence-corrected chi connectivity index (χ3v) is 7.82. The van der Waals surface area contributed by atoms with Crippen molar-refractivity contribution in [1.82, 2.24) is 20.2 Å². The van der Waals surface area contributed by atoms with E-state index in [1.54, 1.807) is 10.8 Å². The fraction of sp³-hybridized carbons (Fsp3) is 0.400. The quantitative estimate of drug-likeness (QED) is 0.110. The highest BCUT2D eigenvalue weighted by molar-refractivity contribution is 7.80. The summed E-state index contributed by atoms with van der Waals surface area (Å²) in [5, 5.41) is 17.4. The SMILES string of the molecule is CC(CNC(=O)O)CNC(=S)Nc1cc(F)c(Oc2ccnc3c2c(Cl)cn3COCC[Si](C)(C)C)c(F)c1. The molecule has 1 aromatic carbocycles. The Balaban J connectivity index is 1.69. The predicted molar refractivity (Wildman–Crippen MR) is 155 cm³/mol. The van der Waals surface area contributed by atoms with Crippen LogP contribution in [-0.2, 0) is 11.5 Å². The smallest absolute Gasteiger partial charge is 0.404 e. The topological polar surface area (TPSA) is 110 Å². The number of aromatic nitrogens is 2. The van der Waals surface area contributed by atoms with Crippen LogP contribution in [0.1, 0.15) is 6.92 Å². The number of nitrogens with one attached hydrogen (secondary N) is 3. The van der Waals surface area contributed by atoms with E-state index < -0.39 is 31.6 Å². The first-order valence-electron chi connectivity index (χ1n) is 12.2. The number of carbonyl (C=O) groups is 1. The first-order valence-corrected chi connectivity index (χ1v) is 16.7. The number of nitrogens with zero attached hydrogens (tertiary/aromatic N) is 2. The molecule has 3 rings (SSSR count). The van der Waals surface area contributed by atoms with E-state index in [1.807, 2.05) is 6.92 Å². The molecule has 0 saturated heterocycles. The van der Waals surface area contributed by atoms with Crippen LogP contribution < -0.4 is 20.7 Å². The van der Waals surface area contributed by atoms with Gasteiger partial charge in [0.05, 0.1) is 10.4 Å². The van der Waals surface area contributed by atoms with Gasteiger partial charge in [0, 0.05) is 58.0 Å². The zero-order chi connectivity index (χ0) is 28.7. The van der Waals surface area contributed by atoms with Crippen molar-refractivity contribution in [2.75, 3.05) is 25.0 Å². The number of ether oxygens (including phenoxy) is 2. The summed E-state index contributed by atoms with van der Waals surface area (Å²) in [4.78, 5) is 14.9. The van der Waals surface area contributed by atoms with Gasteiger partial charge < -0.3 is 35.1 Å². The van der Waals surface area contributed by atoms with Gasteiger partial charge in [0.2, 0.25) is 0 Å². The van der Waals surface area contributed by atoms with Gasteiger partial charge in [0.15, 0.2) is 22.5 Å². The monoisotopic (exact) mass is 599 g/mol. The number of pyridine rings is 1. The molecular weight excluding hydrogens is 568 g/mol. The second-order valence-electron chi connectivity index (χ2n) is 10.3. The molecule has 0 fully saturated rings. The Morgan fingerprint density at radius 3 is 2.54 bits per heavy atom. The van der Waals surface area contributed by atoms with E-state index in [0.717, 1.165) is 18.2 Å². The number of fused-ring (bicyclic) bond motifs is 1. The molecule has 0 saturated carbocycles. The number of benzene rings is 1. The van der Waals surface area contributed by atoms with Crippen LogP contribution in [0, 0.1) is 17.6 Å². The van der Waals surface area contributed by atoms with Crippen LogP contribution in [-0.4, -0.2) is 53.6 Å². The van der Waals surface area contributed by atoms with Crippen LogP contribution in [0.2, 0.25) is 30.7 Å². The average Bonchev–Trinajstić information content (AvgIpc) is 3.17. The molecule has 1 amide bonds. The largest absolute Gasteiger partial charge is 0.465 e. The van der Waals surface area contributed by atoms with E-state index in [9.17, 15) is 13.6 Å². The third kappa shape index (κ3) is 9.02. The molecule has 1 unspecified atom stereocenters. The van der Waals surface area contributed by atoms with Gasteiger partial charge in [0.1, 0.15) is 18.1 Å². The van der Waals surface area contributed by atoms with E-state index in [0.29, 0.717) is 29.2 Å². The van der Waals surface area contributed by atoms with Gasteiger partial charge in [-0.15, -0.1) is 0 Å². The second-order valence-corrected chi connectivity index (χ2v) is 16.7. The summed E-state index contributed by atoms with van der Waals surface area (Å²) >= 11 is 11.6. The molecule has 212 valence electrons. The summed E-state index contributed by atoms with van der Waals surface area (Å²) in [6.45, 7) is 10.0. The highest BCUT2D eigenvalue weighted by Crippen LogP contribution is 2.37. The molecule has 0 radical (unpaired) electrons. The van der Waals surface area contributed by atoms with Gasteiger partial charge in [-0.2, -0.15) is 0 Å². The van der Waals surface area contributed by atoms with E-state index in [4.69, 9.17) is 38.4 Å². The average molecular weight is 600 g/mol. The molecule has 4 N–H and O–H groups in total. The normalized spacial score (nSPS) is 12.3. The van der Waals surface area contributed by atoms with Gasteiger partial charge >= 0.3 is 6.09 Å². The fourth-order valence-electron chi connectivity index (χ4n) is 3.48. The van der Waals surface area contributed by atoms with Crippen LogP contribution in [0.25, 0.3) is 11.0 Å². The van der Waals surface area contributed by atoms with Gasteiger partial charge in [-0.25, -0.2) is 18.6 Å². The summed E-state index contributed by atoms with van der Waals surface area (Å²) in [7, 11) is -1.24. The van der Waals surface area contributed by atoms with Gasteiger partial charge in [-0.05, 0) is 30.2 Å². The molecule has 2 heterocycles. The van der Waals surface area contributed by atoms with Gasteiger partial charge in [0.25, 0.3) is 0 Å². The van der Waals surface area contributed by atoms with Gasteiger partial charge in [-0.1, -0.05) is 38.2 Å². The first kappa shape index (κ1) is 30.5. The number of hydrogen-bond donors (Lipinski definition) is 4. The van der Waals surface area contributed by atoms with E-state index in [-0.39, 0.29) is 35.7 Å². The molecule has 3 aromatic rings. The molecule has 14 heteroatoms. The van der Waals surface area contributed by atoms with E-state index in [2.05, 4.69) is 40.6 Å². The Bertz CT molecular complexity index is 1310. The van der Waals surface area contributed by atoms with Crippen molar-refractivity contribution in [3.63, 3.8) is 0 Å². The maximum absolute atomic E-state index is 14.9. The summed E-state index contributed by atoms with van der Waals surface area (Å²) in [6, 6.07) is 4.60. The Hall–Kier alpha value is -3.00. The van der Waals surface area contributed by atoms with Crippen molar-refractivity contribution in [1.29, 1.82) is 0 Å². The molecule has 2 aromatic heterocycles. The maximum atomic E-state index is 14.9. The zero-order valence-electron chi connectivity index (χ0n) is 22.1. The van der Waals surface area contributed by atoms with Gasteiger partial charge in [-0.3, -0.25) is 0 Å². The summed E-state index contributed by atoms with van der Waals surface area (Å²) in [6.07, 6.45) is 1.99. The Morgan fingerprint density at radius 2 is 1.90 bits per heavy atom. The van der Waals surface area contributed by atoms with E-state index >= 15 is 0 Å². The van der Waals surface area contributed by atoms with Crippen LogP contribution in [0.4, 0.5) is 19.3 Å². The second kappa shape index (κ2) is 13.4. The van der Waals surface area contributed by atoms with Crippen molar-refractivity contribution in [3.05, 3.63) is 47.2 Å². The number of thiocarbonyl (C=S) groups is 1. The minimum Gasteiger partial charge on any atom is -0.465 e. The Morgan fingerprint density at radius 1 is 1.23 bits per heavy atom. The van der Waals surface area contributed by atoms with Crippen LogP contribution in [0.15, 0.2) is 30.6 Å². The summed E-state index contributed by atoms with van der Waals surface area (Å²) in [5.41, 5.74) is 0.541. The van der Waals surface area contributed by atoms with Crippen molar-refractivity contribution in [2.45, 2.75) is 39.3 Å². The third-order valence-electron chi connectivity index (χ3n) is 5.58. The van der Waals surface area contributed by atoms with Crippen molar-refractivity contribution in [2.24, 2.45) is 5.92 Å². The molecular formula is C25H32ClF2N5O4SSi. The first-order chi connectivity index (χ1) is 18.3. The maximum Gasteiger partial charge on any atom is 0.404 e. The van der Waals surface area contributed by atoms with Crippen molar-refractivity contribution in [3.8, 4) is 11.5 Å². The number of amides is 1. The lowest BCUT2D eigenvalue weighted by atomic mass is 10.2. The lowest BCUT2D eigenvalue weighted by Gasteiger charge is -2.16. The van der Waals surface area contributed by atoms with Crippen molar-refractivity contribution < 1.29 is 28.2 Å². The standard InChI is InChI=1S/C25H32ClF2N5O4SSi/c1-15(12-31-25(34)35)11-30-24(38)32-16-9-18(27)22(19(28)10-16)37-20-5-6-29-23-21(20)17(26)13-33(23)14-36-7-8-39(2,3)4/h5-6,9-10,13,15,31H,7-8,11-12,14H2,1-4H3,(H,34,35)(H2,30,32,38). The van der Waals surface area contributed by atoms with Crippen LogP contribution in [0.3, 0.4) is 0 Å². The van der Waals surface area contributed by atoms with Crippen LogP contribution in [0.5, 0.6) is 11.5 Å². The highest BCUT2D eigenvalue weighted by atomic mass is 35.5. The molecule has 0 aliphatic carbocycles. The minimum atomic E-state index is -1.24. The number of anilines is 1. The molecule has 0 bridgehead atoms. The Kier molecular flexibility index (Phi) is 10.5. The Labute approximate surface area is 236 Å².